The van der Waals surface area contributed by atoms with Crippen LogP contribution in [0.5, 0.6) is 17.2 Å². The third kappa shape index (κ3) is 4.48. The summed E-state index contributed by atoms with van der Waals surface area (Å²) in [5.41, 5.74) is 1.24. The van der Waals surface area contributed by atoms with Gasteiger partial charge in [-0.15, -0.1) is 0 Å². The summed E-state index contributed by atoms with van der Waals surface area (Å²) in [4.78, 5) is 12.1. The second-order valence-electron chi connectivity index (χ2n) is 4.76. The van der Waals surface area contributed by atoms with Crippen LogP contribution in [-0.2, 0) is 0 Å². The van der Waals surface area contributed by atoms with Gasteiger partial charge in [0.2, 0.25) is 0 Å². The Balaban J connectivity index is 2.16. The number of rotatable bonds is 7. The van der Waals surface area contributed by atoms with E-state index in [9.17, 15) is 9.90 Å². The molecular weight excluding hydrogens is 292 g/mol. The summed E-state index contributed by atoms with van der Waals surface area (Å²) < 4.78 is 10.8. The molecule has 1 N–H and O–H groups in total. The van der Waals surface area contributed by atoms with Crippen LogP contribution in [0.2, 0.25) is 0 Å². The van der Waals surface area contributed by atoms with Gasteiger partial charge in [-0.3, -0.25) is 4.79 Å². The van der Waals surface area contributed by atoms with Gasteiger partial charge in [0.1, 0.15) is 12.4 Å². The normalized spacial score (nSPS) is 10.5. The average Bonchev–Trinajstić information content (AvgIpc) is 2.58. The molecule has 0 saturated heterocycles. The third-order valence-corrected chi connectivity index (χ3v) is 3.10. The number of hydrogen-bond acceptors (Lipinski definition) is 4. The Bertz CT molecular complexity index is 732. The molecule has 0 aliphatic heterocycles. The van der Waals surface area contributed by atoms with E-state index in [0.717, 1.165) is 5.56 Å². The third-order valence-electron chi connectivity index (χ3n) is 3.10. The Labute approximate surface area is 135 Å². The first-order chi connectivity index (χ1) is 11.1. The Morgan fingerprint density at radius 2 is 2.04 bits per heavy atom. The summed E-state index contributed by atoms with van der Waals surface area (Å²) >= 11 is 0. The molecule has 4 heteroatoms. The van der Waals surface area contributed by atoms with Crippen LogP contribution < -0.4 is 9.47 Å². The molecule has 0 spiro atoms. The van der Waals surface area contributed by atoms with Crippen LogP contribution >= 0.6 is 0 Å². The van der Waals surface area contributed by atoms with Crippen molar-refractivity contribution in [3.05, 3.63) is 72.3 Å². The van der Waals surface area contributed by atoms with E-state index in [2.05, 4.69) is 6.58 Å². The van der Waals surface area contributed by atoms with Crippen LogP contribution in [0.4, 0.5) is 0 Å². The number of aromatic hydroxyl groups is 1. The van der Waals surface area contributed by atoms with E-state index in [1.165, 1.54) is 18.2 Å². The maximum atomic E-state index is 12.1. The highest BCUT2D eigenvalue weighted by Crippen LogP contribution is 2.28. The van der Waals surface area contributed by atoms with E-state index in [-0.39, 0.29) is 11.5 Å². The number of carbonyl (C=O) groups excluding carboxylic acids is 1. The van der Waals surface area contributed by atoms with Gasteiger partial charge in [-0.05, 0) is 35.9 Å². The molecule has 0 atom stereocenters. The van der Waals surface area contributed by atoms with Crippen LogP contribution in [0.15, 0.2) is 61.2 Å². The topological polar surface area (TPSA) is 55.8 Å². The maximum absolute atomic E-state index is 12.1. The highest BCUT2D eigenvalue weighted by Gasteiger charge is 2.05. The molecule has 118 valence electrons. The van der Waals surface area contributed by atoms with Crippen molar-refractivity contribution >= 4 is 11.9 Å². The lowest BCUT2D eigenvalue weighted by Gasteiger charge is -2.09. The standard InChI is InChI=1S/C19H18O4/c1-3-11-23-18-10-8-14(12-19(18)22-2)7-9-17(21)15-5-4-6-16(20)13-15/h3-10,12-13,20H,1,11H2,2H3/b9-7+. The fourth-order valence-corrected chi connectivity index (χ4v) is 1.98. The quantitative estimate of drug-likeness (QED) is 0.479. The zero-order valence-electron chi connectivity index (χ0n) is 12.9. The number of carbonyl (C=O) groups is 1. The lowest BCUT2D eigenvalue weighted by molar-refractivity contribution is 0.104. The zero-order valence-corrected chi connectivity index (χ0v) is 12.9. The van der Waals surface area contributed by atoms with Crippen molar-refractivity contribution in [2.75, 3.05) is 13.7 Å². The summed E-state index contributed by atoms with van der Waals surface area (Å²) in [6.45, 7) is 3.99. The smallest absolute Gasteiger partial charge is 0.185 e. The van der Waals surface area contributed by atoms with E-state index in [1.807, 2.05) is 6.07 Å². The van der Waals surface area contributed by atoms with Crippen LogP contribution in [0, 0.1) is 0 Å². The number of methoxy groups -OCH3 is 1. The predicted molar refractivity (Wildman–Crippen MR) is 90.2 cm³/mol. The van der Waals surface area contributed by atoms with Gasteiger partial charge in [0.15, 0.2) is 17.3 Å². The summed E-state index contributed by atoms with van der Waals surface area (Å²) in [5.74, 6) is 1.07. The van der Waals surface area contributed by atoms with Gasteiger partial charge in [-0.2, -0.15) is 0 Å². The molecule has 0 saturated carbocycles. The summed E-state index contributed by atoms with van der Waals surface area (Å²) in [5, 5.41) is 9.40. The van der Waals surface area contributed by atoms with E-state index in [4.69, 9.17) is 9.47 Å². The predicted octanol–water partition coefficient (Wildman–Crippen LogP) is 3.86. The van der Waals surface area contributed by atoms with Crippen LogP contribution in [-0.4, -0.2) is 24.6 Å². The molecule has 0 fully saturated rings. The van der Waals surface area contributed by atoms with E-state index >= 15 is 0 Å². The molecule has 4 nitrogen and oxygen atoms in total. The van der Waals surface area contributed by atoms with E-state index in [1.54, 1.807) is 43.5 Å². The van der Waals surface area contributed by atoms with E-state index < -0.39 is 0 Å². The molecule has 0 bridgehead atoms. The van der Waals surface area contributed by atoms with Gasteiger partial charge < -0.3 is 14.6 Å². The second kappa shape index (κ2) is 7.84. The van der Waals surface area contributed by atoms with Crippen molar-refractivity contribution in [3.63, 3.8) is 0 Å². The molecule has 0 unspecified atom stereocenters. The Morgan fingerprint density at radius 1 is 1.22 bits per heavy atom. The molecule has 2 rings (SSSR count). The molecule has 0 aliphatic rings. The van der Waals surface area contributed by atoms with Crippen LogP contribution in [0.1, 0.15) is 15.9 Å². The molecule has 0 aromatic heterocycles. The van der Waals surface area contributed by atoms with Crippen molar-refractivity contribution in [1.82, 2.24) is 0 Å². The largest absolute Gasteiger partial charge is 0.508 e. The number of allylic oxidation sites excluding steroid dienone is 1. The van der Waals surface area contributed by atoms with Gasteiger partial charge >= 0.3 is 0 Å². The number of hydrogen-bond donors (Lipinski definition) is 1. The first-order valence-corrected chi connectivity index (χ1v) is 7.07. The first-order valence-electron chi connectivity index (χ1n) is 7.07. The fourth-order valence-electron chi connectivity index (χ4n) is 1.98. The minimum absolute atomic E-state index is 0.0645. The number of phenols is 1. The Morgan fingerprint density at radius 3 is 2.74 bits per heavy atom. The lowest BCUT2D eigenvalue weighted by Crippen LogP contribution is -1.96. The van der Waals surface area contributed by atoms with Gasteiger partial charge in [0.05, 0.1) is 7.11 Å². The van der Waals surface area contributed by atoms with Crippen molar-refractivity contribution in [2.24, 2.45) is 0 Å². The molecule has 2 aromatic rings. The number of benzene rings is 2. The molecule has 0 amide bonds. The molecule has 23 heavy (non-hydrogen) atoms. The molecule has 2 aromatic carbocycles. The molecule has 0 heterocycles. The minimum Gasteiger partial charge on any atom is -0.508 e. The van der Waals surface area contributed by atoms with Gasteiger partial charge in [0.25, 0.3) is 0 Å². The van der Waals surface area contributed by atoms with Crippen molar-refractivity contribution in [2.45, 2.75) is 0 Å². The number of ether oxygens (including phenoxy) is 2. The second-order valence-corrected chi connectivity index (χ2v) is 4.76. The van der Waals surface area contributed by atoms with Gasteiger partial charge in [0, 0.05) is 5.56 Å². The lowest BCUT2D eigenvalue weighted by atomic mass is 10.1. The van der Waals surface area contributed by atoms with Crippen molar-refractivity contribution < 1.29 is 19.4 Å². The van der Waals surface area contributed by atoms with Crippen molar-refractivity contribution in [3.8, 4) is 17.2 Å². The van der Waals surface area contributed by atoms with E-state index in [0.29, 0.717) is 23.7 Å². The van der Waals surface area contributed by atoms with Gasteiger partial charge in [-0.25, -0.2) is 0 Å². The number of ketones is 1. The SMILES string of the molecule is C=CCOc1ccc(/C=C/C(=O)c2cccc(O)c2)cc1OC. The van der Waals surface area contributed by atoms with Crippen LogP contribution in [0.3, 0.4) is 0 Å². The van der Waals surface area contributed by atoms with Crippen LogP contribution in [0.25, 0.3) is 6.08 Å². The summed E-state index contributed by atoms with van der Waals surface area (Å²) in [6, 6.07) is 11.6. The Hall–Kier alpha value is -3.01. The zero-order chi connectivity index (χ0) is 16.7. The molecular formula is C19H18O4. The fraction of sp³-hybridized carbons (Fsp3) is 0.105. The molecule has 0 aliphatic carbocycles. The highest BCUT2D eigenvalue weighted by molar-refractivity contribution is 6.07. The first kappa shape index (κ1) is 16.4. The monoisotopic (exact) mass is 310 g/mol. The van der Waals surface area contributed by atoms with Crippen molar-refractivity contribution in [1.29, 1.82) is 0 Å². The summed E-state index contributed by atoms with van der Waals surface area (Å²) in [6.07, 6.45) is 4.79. The molecule has 0 radical (unpaired) electrons. The number of phenolic OH excluding ortho intramolecular Hbond substituents is 1. The van der Waals surface area contributed by atoms with Gasteiger partial charge in [-0.1, -0.05) is 36.9 Å². The highest BCUT2D eigenvalue weighted by atomic mass is 16.5. The maximum Gasteiger partial charge on any atom is 0.185 e. The minimum atomic E-state index is -0.188. The average molecular weight is 310 g/mol. The Kier molecular flexibility index (Phi) is 5.58. The summed E-state index contributed by atoms with van der Waals surface area (Å²) in [7, 11) is 1.56.